The van der Waals surface area contributed by atoms with Gasteiger partial charge in [0.25, 0.3) is 5.91 Å². The van der Waals surface area contributed by atoms with Crippen LogP contribution in [0.1, 0.15) is 23.2 Å². The first-order valence-corrected chi connectivity index (χ1v) is 6.77. The fraction of sp³-hybridized carbons (Fsp3) is 0.462. The van der Waals surface area contributed by atoms with Gasteiger partial charge < -0.3 is 10.1 Å². The SMILES string of the molecule is O=C(NCCC1CCOC1)c1cc(F)ccc1Br. The Morgan fingerprint density at radius 1 is 1.56 bits per heavy atom. The van der Waals surface area contributed by atoms with Crippen LogP contribution in [0, 0.1) is 11.7 Å². The first-order chi connectivity index (χ1) is 8.66. The quantitative estimate of drug-likeness (QED) is 0.927. The fourth-order valence-electron chi connectivity index (χ4n) is 1.97. The standard InChI is InChI=1S/C13H15BrFNO2/c14-12-2-1-10(15)7-11(12)13(17)16-5-3-9-4-6-18-8-9/h1-2,7,9H,3-6,8H2,(H,16,17). The van der Waals surface area contributed by atoms with Gasteiger partial charge in [-0.1, -0.05) is 0 Å². The molecule has 1 N–H and O–H groups in total. The van der Waals surface area contributed by atoms with Crippen LogP contribution in [-0.4, -0.2) is 25.7 Å². The predicted molar refractivity (Wildman–Crippen MR) is 70.0 cm³/mol. The lowest BCUT2D eigenvalue weighted by Crippen LogP contribution is -2.26. The summed E-state index contributed by atoms with van der Waals surface area (Å²) in [4.78, 5) is 11.9. The maximum Gasteiger partial charge on any atom is 0.252 e. The van der Waals surface area contributed by atoms with E-state index >= 15 is 0 Å². The van der Waals surface area contributed by atoms with E-state index in [1.165, 1.54) is 18.2 Å². The highest BCUT2D eigenvalue weighted by Gasteiger charge is 2.16. The number of rotatable bonds is 4. The van der Waals surface area contributed by atoms with Crippen molar-refractivity contribution in [2.75, 3.05) is 19.8 Å². The van der Waals surface area contributed by atoms with Crippen LogP contribution in [0.15, 0.2) is 22.7 Å². The third-order valence-electron chi connectivity index (χ3n) is 3.04. The molecule has 5 heteroatoms. The molecule has 1 atom stereocenters. The van der Waals surface area contributed by atoms with Gasteiger partial charge in [-0.05, 0) is 52.9 Å². The summed E-state index contributed by atoms with van der Waals surface area (Å²) in [6, 6.07) is 4.09. The number of halogens is 2. The zero-order valence-electron chi connectivity index (χ0n) is 9.92. The van der Waals surface area contributed by atoms with Gasteiger partial charge in [-0.2, -0.15) is 0 Å². The lowest BCUT2D eigenvalue weighted by atomic mass is 10.1. The molecule has 0 radical (unpaired) electrons. The second-order valence-corrected chi connectivity index (χ2v) is 5.25. The lowest BCUT2D eigenvalue weighted by Gasteiger charge is -2.09. The number of nitrogens with one attached hydrogen (secondary N) is 1. The van der Waals surface area contributed by atoms with Crippen LogP contribution in [0.5, 0.6) is 0 Å². The van der Waals surface area contributed by atoms with E-state index < -0.39 is 5.82 Å². The number of carbonyl (C=O) groups excluding carboxylic acids is 1. The van der Waals surface area contributed by atoms with Gasteiger partial charge in [-0.3, -0.25) is 4.79 Å². The molecule has 3 nitrogen and oxygen atoms in total. The van der Waals surface area contributed by atoms with E-state index in [0.29, 0.717) is 22.5 Å². The molecule has 1 aliphatic rings. The molecule has 0 spiro atoms. The van der Waals surface area contributed by atoms with E-state index in [9.17, 15) is 9.18 Å². The topological polar surface area (TPSA) is 38.3 Å². The molecule has 1 amide bonds. The van der Waals surface area contributed by atoms with Crippen molar-refractivity contribution in [1.82, 2.24) is 5.32 Å². The largest absolute Gasteiger partial charge is 0.381 e. The summed E-state index contributed by atoms with van der Waals surface area (Å²) in [6.45, 7) is 2.18. The summed E-state index contributed by atoms with van der Waals surface area (Å²) in [5, 5.41) is 2.80. The highest BCUT2D eigenvalue weighted by Crippen LogP contribution is 2.18. The van der Waals surface area contributed by atoms with E-state index in [1.54, 1.807) is 0 Å². The lowest BCUT2D eigenvalue weighted by molar-refractivity contribution is 0.0949. The summed E-state index contributed by atoms with van der Waals surface area (Å²) in [6.07, 6.45) is 1.96. The predicted octanol–water partition coefficient (Wildman–Crippen LogP) is 2.74. The molecule has 1 saturated heterocycles. The van der Waals surface area contributed by atoms with E-state index in [1.807, 2.05) is 0 Å². The minimum Gasteiger partial charge on any atom is -0.381 e. The van der Waals surface area contributed by atoms with Crippen molar-refractivity contribution in [3.05, 3.63) is 34.1 Å². The van der Waals surface area contributed by atoms with Crippen LogP contribution in [-0.2, 0) is 4.74 Å². The molecule has 1 aliphatic heterocycles. The summed E-state index contributed by atoms with van der Waals surface area (Å²) in [5.41, 5.74) is 0.331. The molecule has 0 saturated carbocycles. The van der Waals surface area contributed by atoms with Crippen molar-refractivity contribution in [3.63, 3.8) is 0 Å². The molecule has 1 aromatic carbocycles. The third-order valence-corrected chi connectivity index (χ3v) is 3.73. The number of ether oxygens (including phenoxy) is 1. The molecule has 1 aromatic rings. The average Bonchev–Trinajstić information content (AvgIpc) is 2.85. The van der Waals surface area contributed by atoms with Crippen LogP contribution >= 0.6 is 15.9 Å². The summed E-state index contributed by atoms with van der Waals surface area (Å²) < 4.78 is 18.9. The number of amides is 1. The molecule has 98 valence electrons. The van der Waals surface area contributed by atoms with Gasteiger partial charge in [0.2, 0.25) is 0 Å². The summed E-state index contributed by atoms with van der Waals surface area (Å²) in [7, 11) is 0. The maximum atomic E-state index is 13.1. The van der Waals surface area contributed by atoms with E-state index in [4.69, 9.17) is 4.74 Å². The molecule has 0 bridgehead atoms. The highest BCUT2D eigenvalue weighted by molar-refractivity contribution is 9.10. The number of hydrogen-bond acceptors (Lipinski definition) is 2. The van der Waals surface area contributed by atoms with Gasteiger partial charge in [0.15, 0.2) is 0 Å². The van der Waals surface area contributed by atoms with E-state index in [-0.39, 0.29) is 5.91 Å². The van der Waals surface area contributed by atoms with Gasteiger partial charge >= 0.3 is 0 Å². The van der Waals surface area contributed by atoms with Crippen molar-refractivity contribution >= 4 is 21.8 Å². The molecule has 1 fully saturated rings. The average molecular weight is 316 g/mol. The first-order valence-electron chi connectivity index (χ1n) is 5.98. The minimum atomic E-state index is -0.410. The first kappa shape index (κ1) is 13.5. The van der Waals surface area contributed by atoms with Crippen molar-refractivity contribution in [2.24, 2.45) is 5.92 Å². The number of carbonyl (C=O) groups is 1. The van der Waals surface area contributed by atoms with Gasteiger partial charge in [0, 0.05) is 24.2 Å². The van der Waals surface area contributed by atoms with Crippen LogP contribution < -0.4 is 5.32 Å². The molecule has 0 aliphatic carbocycles. The third kappa shape index (κ3) is 3.53. The van der Waals surface area contributed by atoms with E-state index in [0.717, 1.165) is 26.1 Å². The number of hydrogen-bond donors (Lipinski definition) is 1. The van der Waals surface area contributed by atoms with Crippen molar-refractivity contribution in [1.29, 1.82) is 0 Å². The Morgan fingerprint density at radius 3 is 3.11 bits per heavy atom. The normalized spacial score (nSPS) is 18.9. The highest BCUT2D eigenvalue weighted by atomic mass is 79.9. The maximum absolute atomic E-state index is 13.1. The second-order valence-electron chi connectivity index (χ2n) is 4.40. The Kier molecular flexibility index (Phi) is 4.72. The van der Waals surface area contributed by atoms with Crippen LogP contribution in [0.25, 0.3) is 0 Å². The fourth-order valence-corrected chi connectivity index (χ4v) is 2.39. The monoisotopic (exact) mass is 315 g/mol. The molecule has 0 aromatic heterocycles. The zero-order valence-corrected chi connectivity index (χ0v) is 11.5. The van der Waals surface area contributed by atoms with Gasteiger partial charge in [-0.15, -0.1) is 0 Å². The Hall–Kier alpha value is -0.940. The van der Waals surface area contributed by atoms with Crippen molar-refractivity contribution < 1.29 is 13.9 Å². The molecule has 2 rings (SSSR count). The Labute approximate surface area is 114 Å². The van der Waals surface area contributed by atoms with E-state index in [2.05, 4.69) is 21.2 Å². The Morgan fingerprint density at radius 2 is 2.39 bits per heavy atom. The smallest absolute Gasteiger partial charge is 0.252 e. The van der Waals surface area contributed by atoms with Crippen LogP contribution in [0.4, 0.5) is 4.39 Å². The summed E-state index contributed by atoms with van der Waals surface area (Å²) in [5.74, 6) is -0.130. The molecule has 1 heterocycles. The molecular weight excluding hydrogens is 301 g/mol. The summed E-state index contributed by atoms with van der Waals surface area (Å²) >= 11 is 3.24. The zero-order chi connectivity index (χ0) is 13.0. The van der Waals surface area contributed by atoms with Gasteiger partial charge in [0.05, 0.1) is 5.56 Å². The van der Waals surface area contributed by atoms with Crippen LogP contribution in [0.2, 0.25) is 0 Å². The Balaban J connectivity index is 1.85. The minimum absolute atomic E-state index is 0.250. The van der Waals surface area contributed by atoms with Crippen molar-refractivity contribution in [3.8, 4) is 0 Å². The van der Waals surface area contributed by atoms with Gasteiger partial charge in [0.1, 0.15) is 5.82 Å². The second kappa shape index (κ2) is 6.29. The molecular formula is C13H15BrFNO2. The van der Waals surface area contributed by atoms with Crippen LogP contribution in [0.3, 0.4) is 0 Å². The van der Waals surface area contributed by atoms with Crippen molar-refractivity contribution in [2.45, 2.75) is 12.8 Å². The van der Waals surface area contributed by atoms with Gasteiger partial charge in [-0.25, -0.2) is 4.39 Å². The Bertz CT molecular complexity index is 433. The molecule has 1 unspecified atom stereocenters. The molecule has 18 heavy (non-hydrogen) atoms. The number of benzene rings is 1.